The fourth-order valence-corrected chi connectivity index (χ4v) is 2.89. The molecule has 2 rings (SSSR count). The lowest BCUT2D eigenvalue weighted by atomic mass is 9.99. The number of benzene rings is 2. The van der Waals surface area contributed by atoms with E-state index in [1.807, 2.05) is 30.3 Å². The van der Waals surface area contributed by atoms with Gasteiger partial charge in [-0.15, -0.1) is 0 Å². The highest BCUT2D eigenvalue weighted by atomic mass is 79.9. The van der Waals surface area contributed by atoms with Crippen LogP contribution in [0, 0.1) is 0 Å². The molecule has 0 amide bonds. The number of rotatable bonds is 3. The molecule has 1 atom stereocenters. The van der Waals surface area contributed by atoms with Crippen molar-refractivity contribution in [3.8, 4) is 5.75 Å². The maximum Gasteiger partial charge on any atom is 0.120 e. The summed E-state index contributed by atoms with van der Waals surface area (Å²) in [6.07, 6.45) is 0. The third kappa shape index (κ3) is 3.23. The van der Waals surface area contributed by atoms with Gasteiger partial charge in [-0.25, -0.2) is 0 Å². The van der Waals surface area contributed by atoms with Crippen LogP contribution >= 0.6 is 39.1 Å². The van der Waals surface area contributed by atoms with Crippen LogP contribution in [0.1, 0.15) is 17.2 Å². The van der Waals surface area contributed by atoms with Gasteiger partial charge in [0.25, 0.3) is 0 Å². The zero-order valence-electron chi connectivity index (χ0n) is 10.2. The molecule has 1 unspecified atom stereocenters. The molecule has 0 aliphatic rings. The van der Waals surface area contributed by atoms with Crippen LogP contribution in [-0.4, -0.2) is 7.11 Å². The molecule has 0 fully saturated rings. The highest BCUT2D eigenvalue weighted by molar-refractivity contribution is 9.10. The van der Waals surface area contributed by atoms with Gasteiger partial charge in [-0.2, -0.15) is 0 Å². The van der Waals surface area contributed by atoms with E-state index in [2.05, 4.69) is 15.9 Å². The molecule has 0 aliphatic heterocycles. The Morgan fingerprint density at radius 1 is 1.05 bits per heavy atom. The third-order valence-corrected chi connectivity index (χ3v) is 3.99. The summed E-state index contributed by atoms with van der Waals surface area (Å²) in [4.78, 5) is 0. The Balaban J connectivity index is 2.41. The molecular weight excluding hydrogens is 349 g/mol. The summed E-state index contributed by atoms with van der Waals surface area (Å²) in [6, 6.07) is 10.6. The molecule has 0 saturated heterocycles. The van der Waals surface area contributed by atoms with Crippen LogP contribution in [0.2, 0.25) is 10.0 Å². The van der Waals surface area contributed by atoms with Gasteiger partial charge in [0.1, 0.15) is 5.75 Å². The number of halogens is 3. The fourth-order valence-electron chi connectivity index (χ4n) is 1.81. The van der Waals surface area contributed by atoms with Gasteiger partial charge in [-0.05, 0) is 35.4 Å². The smallest absolute Gasteiger partial charge is 0.120 e. The second-order valence-corrected chi connectivity index (χ2v) is 5.76. The molecule has 5 heteroatoms. The number of methoxy groups -OCH3 is 1. The zero-order valence-corrected chi connectivity index (χ0v) is 13.3. The minimum Gasteiger partial charge on any atom is -0.497 e. The molecule has 0 bridgehead atoms. The van der Waals surface area contributed by atoms with E-state index in [-0.39, 0.29) is 6.04 Å². The first-order valence-corrected chi connectivity index (χ1v) is 7.11. The van der Waals surface area contributed by atoms with Gasteiger partial charge in [0.05, 0.1) is 13.2 Å². The molecule has 2 aromatic carbocycles. The molecule has 0 aliphatic carbocycles. The van der Waals surface area contributed by atoms with Crippen molar-refractivity contribution in [1.29, 1.82) is 0 Å². The molecule has 19 heavy (non-hydrogen) atoms. The van der Waals surface area contributed by atoms with Gasteiger partial charge < -0.3 is 10.5 Å². The Morgan fingerprint density at radius 3 is 2.16 bits per heavy atom. The first-order chi connectivity index (χ1) is 9.02. The second-order valence-electron chi connectivity index (χ2n) is 4.03. The van der Waals surface area contributed by atoms with Crippen LogP contribution in [0.15, 0.2) is 40.9 Å². The zero-order chi connectivity index (χ0) is 14.0. The number of hydrogen-bond acceptors (Lipinski definition) is 2. The Kier molecular flexibility index (Phi) is 4.74. The summed E-state index contributed by atoms with van der Waals surface area (Å²) >= 11 is 15.8. The summed E-state index contributed by atoms with van der Waals surface area (Å²) in [6.45, 7) is 0. The van der Waals surface area contributed by atoms with Crippen molar-refractivity contribution in [2.45, 2.75) is 6.04 Å². The minimum atomic E-state index is -0.376. The van der Waals surface area contributed by atoms with Gasteiger partial charge in [0.2, 0.25) is 0 Å². The molecule has 0 spiro atoms. The maximum absolute atomic E-state index is 6.23. The molecule has 2 aromatic rings. The first-order valence-electron chi connectivity index (χ1n) is 5.57. The Morgan fingerprint density at radius 2 is 1.63 bits per heavy atom. The lowest BCUT2D eigenvalue weighted by Gasteiger charge is -2.16. The van der Waals surface area contributed by atoms with Crippen LogP contribution in [0.5, 0.6) is 5.75 Å². The molecule has 100 valence electrons. The largest absolute Gasteiger partial charge is 0.497 e. The second kappa shape index (κ2) is 6.14. The monoisotopic (exact) mass is 359 g/mol. The van der Waals surface area contributed by atoms with Crippen LogP contribution in [0.3, 0.4) is 0 Å². The highest BCUT2D eigenvalue weighted by Gasteiger charge is 2.16. The molecule has 0 radical (unpaired) electrons. The average molecular weight is 361 g/mol. The number of nitrogens with two attached hydrogens (primary N) is 1. The summed E-state index contributed by atoms with van der Waals surface area (Å²) in [7, 11) is 1.59. The van der Waals surface area contributed by atoms with E-state index in [4.69, 9.17) is 33.7 Å². The molecule has 0 heterocycles. The van der Waals surface area contributed by atoms with Crippen molar-refractivity contribution in [2.75, 3.05) is 7.11 Å². The Labute approximate surface area is 130 Å². The summed E-state index contributed by atoms with van der Waals surface area (Å²) in [5, 5.41) is 1.17. The quantitative estimate of drug-likeness (QED) is 0.852. The van der Waals surface area contributed by atoms with E-state index in [9.17, 15) is 0 Å². The van der Waals surface area contributed by atoms with Crippen LogP contribution in [0.4, 0.5) is 0 Å². The van der Waals surface area contributed by atoms with Crippen molar-refractivity contribution in [3.63, 3.8) is 0 Å². The topological polar surface area (TPSA) is 35.2 Å². The number of hydrogen-bond donors (Lipinski definition) is 1. The minimum absolute atomic E-state index is 0.376. The average Bonchev–Trinajstić information content (AvgIpc) is 2.37. The normalized spacial score (nSPS) is 12.3. The maximum atomic E-state index is 6.23. The van der Waals surface area contributed by atoms with Crippen LogP contribution < -0.4 is 10.5 Å². The van der Waals surface area contributed by atoms with Gasteiger partial charge in [-0.3, -0.25) is 0 Å². The van der Waals surface area contributed by atoms with Crippen molar-refractivity contribution in [1.82, 2.24) is 0 Å². The van der Waals surface area contributed by atoms with Crippen molar-refractivity contribution in [2.24, 2.45) is 5.73 Å². The predicted octanol–water partition coefficient (Wildman–Crippen LogP) is 4.81. The van der Waals surface area contributed by atoms with E-state index >= 15 is 0 Å². The van der Waals surface area contributed by atoms with Crippen LogP contribution in [0.25, 0.3) is 0 Å². The number of ether oxygens (including phenoxy) is 1. The molecular formula is C14H12BrCl2NO. The van der Waals surface area contributed by atoms with Crippen molar-refractivity contribution < 1.29 is 4.74 Å². The third-order valence-electron chi connectivity index (χ3n) is 2.84. The Hall–Kier alpha value is -0.740. The fraction of sp³-hybridized carbons (Fsp3) is 0.143. The Bertz CT molecular complexity index is 604. The van der Waals surface area contributed by atoms with Gasteiger partial charge in [-0.1, -0.05) is 51.3 Å². The van der Waals surface area contributed by atoms with Gasteiger partial charge in [0, 0.05) is 14.5 Å². The van der Waals surface area contributed by atoms with E-state index in [0.717, 1.165) is 15.6 Å². The summed E-state index contributed by atoms with van der Waals surface area (Å²) in [5.41, 5.74) is 7.88. The van der Waals surface area contributed by atoms with Crippen molar-refractivity contribution in [3.05, 3.63) is 62.0 Å². The molecule has 2 nitrogen and oxygen atoms in total. The molecule has 2 N–H and O–H groups in total. The predicted molar refractivity (Wildman–Crippen MR) is 83.2 cm³/mol. The van der Waals surface area contributed by atoms with E-state index in [0.29, 0.717) is 15.8 Å². The molecule has 0 aromatic heterocycles. The lowest BCUT2D eigenvalue weighted by Crippen LogP contribution is -2.13. The van der Waals surface area contributed by atoms with Gasteiger partial charge >= 0.3 is 0 Å². The summed E-state index contributed by atoms with van der Waals surface area (Å²) < 4.78 is 6.03. The van der Waals surface area contributed by atoms with E-state index in [1.165, 1.54) is 0 Å². The highest BCUT2D eigenvalue weighted by Crippen LogP contribution is 2.33. The summed E-state index contributed by atoms with van der Waals surface area (Å²) in [5.74, 6) is 0.697. The standard InChI is InChI=1S/C14H12BrCl2NO/c1-19-9-3-5-11(13(17)7-9)14(18)10-4-2-8(15)6-12(10)16/h2-7,14H,18H2,1H3. The van der Waals surface area contributed by atoms with Crippen LogP contribution in [-0.2, 0) is 0 Å². The SMILES string of the molecule is COc1ccc(C(N)c2ccc(Br)cc2Cl)c(Cl)c1. The van der Waals surface area contributed by atoms with Gasteiger partial charge in [0.15, 0.2) is 0 Å². The van der Waals surface area contributed by atoms with E-state index in [1.54, 1.807) is 13.2 Å². The van der Waals surface area contributed by atoms with E-state index < -0.39 is 0 Å². The first kappa shape index (κ1) is 14.7. The lowest BCUT2D eigenvalue weighted by molar-refractivity contribution is 0.414. The van der Waals surface area contributed by atoms with Crippen molar-refractivity contribution >= 4 is 39.1 Å². The molecule has 0 saturated carbocycles.